The average molecular weight is 241 g/mol. The Kier molecular flexibility index (Phi) is 3.99. The van der Waals surface area contributed by atoms with Crippen LogP contribution in [0.25, 0.3) is 0 Å². The smallest absolute Gasteiger partial charge is 0.0765 e. The SMILES string of the molecule is CSc1ccccc1N=Cc1ccccc1C. The molecular weight excluding hydrogens is 226 g/mol. The quantitative estimate of drug-likeness (QED) is 0.570. The lowest BCUT2D eigenvalue weighted by atomic mass is 10.1. The van der Waals surface area contributed by atoms with E-state index in [1.807, 2.05) is 36.5 Å². The number of nitrogens with zero attached hydrogens (tertiary/aromatic N) is 1. The van der Waals surface area contributed by atoms with Crippen molar-refractivity contribution < 1.29 is 0 Å². The minimum atomic E-state index is 1.03. The van der Waals surface area contributed by atoms with Crippen LogP contribution in [-0.4, -0.2) is 12.5 Å². The van der Waals surface area contributed by atoms with E-state index in [1.54, 1.807) is 11.8 Å². The maximum absolute atomic E-state index is 4.56. The van der Waals surface area contributed by atoms with Crippen LogP contribution in [0.2, 0.25) is 0 Å². The molecule has 0 aliphatic heterocycles. The van der Waals surface area contributed by atoms with E-state index in [0.29, 0.717) is 0 Å². The largest absolute Gasteiger partial charge is 0.255 e. The van der Waals surface area contributed by atoms with Gasteiger partial charge in [-0.05, 0) is 36.4 Å². The first-order valence-electron chi connectivity index (χ1n) is 5.54. The molecule has 0 bridgehead atoms. The Morgan fingerprint density at radius 3 is 2.47 bits per heavy atom. The van der Waals surface area contributed by atoms with Crippen LogP contribution in [0.15, 0.2) is 58.4 Å². The fourth-order valence-electron chi connectivity index (χ4n) is 1.61. The molecule has 17 heavy (non-hydrogen) atoms. The minimum absolute atomic E-state index is 1.03. The summed E-state index contributed by atoms with van der Waals surface area (Å²) in [5.74, 6) is 0. The summed E-state index contributed by atoms with van der Waals surface area (Å²) >= 11 is 1.72. The van der Waals surface area contributed by atoms with Crippen LogP contribution in [0.3, 0.4) is 0 Å². The third-order valence-electron chi connectivity index (χ3n) is 2.62. The van der Waals surface area contributed by atoms with Gasteiger partial charge in [0.2, 0.25) is 0 Å². The summed E-state index contributed by atoms with van der Waals surface area (Å²) in [5.41, 5.74) is 3.45. The van der Waals surface area contributed by atoms with Crippen molar-refractivity contribution in [3.63, 3.8) is 0 Å². The maximum atomic E-state index is 4.56. The Bertz CT molecular complexity index is 532. The normalized spacial score (nSPS) is 10.9. The van der Waals surface area contributed by atoms with Crippen molar-refractivity contribution in [2.24, 2.45) is 4.99 Å². The van der Waals surface area contributed by atoms with Crippen LogP contribution in [0, 0.1) is 6.92 Å². The van der Waals surface area contributed by atoms with E-state index < -0.39 is 0 Å². The fourth-order valence-corrected chi connectivity index (χ4v) is 2.15. The van der Waals surface area contributed by atoms with E-state index in [0.717, 1.165) is 5.69 Å². The van der Waals surface area contributed by atoms with Crippen molar-refractivity contribution in [1.82, 2.24) is 0 Å². The highest BCUT2D eigenvalue weighted by Crippen LogP contribution is 2.27. The lowest BCUT2D eigenvalue weighted by Crippen LogP contribution is -1.85. The molecule has 0 heterocycles. The number of para-hydroxylation sites is 1. The van der Waals surface area contributed by atoms with Gasteiger partial charge in [0, 0.05) is 11.1 Å². The maximum Gasteiger partial charge on any atom is 0.0765 e. The van der Waals surface area contributed by atoms with Crippen molar-refractivity contribution in [1.29, 1.82) is 0 Å². The molecule has 0 amide bonds. The third-order valence-corrected chi connectivity index (χ3v) is 3.40. The number of aliphatic imine (C=N–C) groups is 1. The zero-order chi connectivity index (χ0) is 12.1. The molecule has 0 saturated heterocycles. The van der Waals surface area contributed by atoms with Crippen molar-refractivity contribution in [3.05, 3.63) is 59.7 Å². The molecule has 0 saturated carbocycles. The summed E-state index contributed by atoms with van der Waals surface area (Å²) in [6, 6.07) is 16.5. The van der Waals surface area contributed by atoms with Crippen LogP contribution in [0.4, 0.5) is 5.69 Å². The average Bonchev–Trinajstić information content (AvgIpc) is 2.38. The van der Waals surface area contributed by atoms with E-state index >= 15 is 0 Å². The molecule has 1 nitrogen and oxygen atoms in total. The van der Waals surface area contributed by atoms with Gasteiger partial charge in [0.25, 0.3) is 0 Å². The van der Waals surface area contributed by atoms with Gasteiger partial charge >= 0.3 is 0 Å². The highest BCUT2D eigenvalue weighted by molar-refractivity contribution is 7.98. The molecule has 0 unspecified atom stereocenters. The van der Waals surface area contributed by atoms with Crippen LogP contribution >= 0.6 is 11.8 Å². The second-order valence-corrected chi connectivity index (χ2v) is 4.63. The summed E-state index contributed by atoms with van der Waals surface area (Å²) in [6.07, 6.45) is 4.01. The molecule has 2 heteroatoms. The van der Waals surface area contributed by atoms with E-state index in [2.05, 4.69) is 36.4 Å². The standard InChI is InChI=1S/C15H15NS/c1-12-7-3-4-8-13(12)11-16-14-9-5-6-10-15(14)17-2/h3-11H,1-2H3. The Labute approximate surface area is 107 Å². The topological polar surface area (TPSA) is 12.4 Å². The Hall–Kier alpha value is -1.54. The lowest BCUT2D eigenvalue weighted by Gasteiger charge is -2.02. The van der Waals surface area contributed by atoms with Crippen molar-refractivity contribution in [3.8, 4) is 0 Å². The zero-order valence-electron chi connectivity index (χ0n) is 10.1. The van der Waals surface area contributed by atoms with Crippen molar-refractivity contribution in [2.75, 3.05) is 6.26 Å². The van der Waals surface area contributed by atoms with E-state index in [-0.39, 0.29) is 0 Å². The van der Waals surface area contributed by atoms with Gasteiger partial charge in [-0.2, -0.15) is 0 Å². The first-order valence-corrected chi connectivity index (χ1v) is 6.76. The van der Waals surface area contributed by atoms with Gasteiger partial charge < -0.3 is 0 Å². The summed E-state index contributed by atoms with van der Waals surface area (Å²) in [7, 11) is 0. The number of hydrogen-bond donors (Lipinski definition) is 0. The minimum Gasteiger partial charge on any atom is -0.255 e. The first kappa shape index (κ1) is 11.9. The second kappa shape index (κ2) is 5.69. The number of aryl methyl sites for hydroxylation is 1. The molecule has 0 atom stereocenters. The Morgan fingerprint density at radius 2 is 1.71 bits per heavy atom. The molecule has 0 aromatic heterocycles. The Balaban J connectivity index is 2.29. The van der Waals surface area contributed by atoms with Gasteiger partial charge in [0.15, 0.2) is 0 Å². The van der Waals surface area contributed by atoms with Gasteiger partial charge in [-0.1, -0.05) is 36.4 Å². The summed E-state index contributed by atoms with van der Waals surface area (Å²) < 4.78 is 0. The fraction of sp³-hybridized carbons (Fsp3) is 0.133. The molecule has 0 N–H and O–H groups in total. The first-order chi connectivity index (χ1) is 8.31. The van der Waals surface area contributed by atoms with Gasteiger partial charge in [-0.15, -0.1) is 11.8 Å². The van der Waals surface area contributed by atoms with E-state index in [9.17, 15) is 0 Å². The number of thioether (sulfide) groups is 1. The number of rotatable bonds is 3. The van der Waals surface area contributed by atoms with Crippen LogP contribution in [-0.2, 0) is 0 Å². The highest BCUT2D eigenvalue weighted by atomic mass is 32.2. The molecular formula is C15H15NS. The predicted molar refractivity (Wildman–Crippen MR) is 76.7 cm³/mol. The molecule has 0 fully saturated rings. The van der Waals surface area contributed by atoms with Crippen molar-refractivity contribution in [2.45, 2.75) is 11.8 Å². The third kappa shape index (κ3) is 2.98. The number of benzene rings is 2. The molecule has 2 aromatic carbocycles. The van der Waals surface area contributed by atoms with Crippen molar-refractivity contribution >= 4 is 23.7 Å². The summed E-state index contributed by atoms with van der Waals surface area (Å²) in [4.78, 5) is 5.77. The van der Waals surface area contributed by atoms with Gasteiger partial charge in [0.05, 0.1) is 5.69 Å². The van der Waals surface area contributed by atoms with Crippen LogP contribution in [0.1, 0.15) is 11.1 Å². The van der Waals surface area contributed by atoms with Crippen LogP contribution < -0.4 is 0 Å². The number of hydrogen-bond acceptors (Lipinski definition) is 2. The van der Waals surface area contributed by atoms with E-state index in [1.165, 1.54) is 16.0 Å². The molecule has 0 spiro atoms. The second-order valence-electron chi connectivity index (χ2n) is 3.79. The van der Waals surface area contributed by atoms with Gasteiger partial charge in [-0.25, -0.2) is 0 Å². The molecule has 0 radical (unpaired) electrons. The molecule has 86 valence electrons. The van der Waals surface area contributed by atoms with Gasteiger partial charge in [0.1, 0.15) is 0 Å². The van der Waals surface area contributed by atoms with E-state index in [4.69, 9.17) is 0 Å². The predicted octanol–water partition coefficient (Wildman–Crippen LogP) is 4.47. The lowest BCUT2D eigenvalue weighted by molar-refractivity contribution is 1.37. The molecule has 2 rings (SSSR count). The highest BCUT2D eigenvalue weighted by Gasteiger charge is 1.97. The molecule has 2 aromatic rings. The van der Waals surface area contributed by atoms with Crippen LogP contribution in [0.5, 0.6) is 0 Å². The van der Waals surface area contributed by atoms with Gasteiger partial charge in [-0.3, -0.25) is 4.99 Å². The molecule has 0 aliphatic carbocycles. The summed E-state index contributed by atoms with van der Waals surface area (Å²) in [5, 5.41) is 0. The molecule has 0 aliphatic rings. The monoisotopic (exact) mass is 241 g/mol. The zero-order valence-corrected chi connectivity index (χ0v) is 10.9. The Morgan fingerprint density at radius 1 is 1.00 bits per heavy atom. The summed E-state index contributed by atoms with van der Waals surface area (Å²) in [6.45, 7) is 2.10.